The van der Waals surface area contributed by atoms with Crippen LogP contribution in [0.5, 0.6) is 0 Å². The Balaban J connectivity index is 2.08. The zero-order valence-electron chi connectivity index (χ0n) is 12.7. The lowest BCUT2D eigenvalue weighted by atomic mass is 10.1. The number of para-hydroxylation sites is 1. The number of hydrogen-bond donors (Lipinski definition) is 0. The summed E-state index contributed by atoms with van der Waals surface area (Å²) in [6.45, 7) is -0.0718. The molecule has 124 valence electrons. The first kappa shape index (κ1) is 16.0. The van der Waals surface area contributed by atoms with E-state index >= 15 is 0 Å². The van der Waals surface area contributed by atoms with E-state index in [9.17, 15) is 18.0 Å². The molecule has 0 unspecified atom stereocenters. The van der Waals surface area contributed by atoms with Gasteiger partial charge < -0.3 is 4.74 Å². The van der Waals surface area contributed by atoms with Crippen molar-refractivity contribution < 1.29 is 22.7 Å². The van der Waals surface area contributed by atoms with E-state index in [1.165, 1.54) is 23.9 Å². The van der Waals surface area contributed by atoms with Crippen LogP contribution in [-0.2, 0) is 22.3 Å². The zero-order chi connectivity index (χ0) is 17.3. The first-order valence-electron chi connectivity index (χ1n) is 7.10. The Bertz CT molecular complexity index is 883. The summed E-state index contributed by atoms with van der Waals surface area (Å²) in [4.78, 5) is 11.5. The van der Waals surface area contributed by atoms with E-state index < -0.39 is 17.7 Å². The standard InChI is InChI=1S/C17H13F3N2O2/c1-24-15(23)10-22-14-5-3-2-4-13(14)16(21-22)11-6-8-12(9-7-11)17(18,19)20/h2-9H,10H2,1H3. The maximum absolute atomic E-state index is 12.7. The largest absolute Gasteiger partial charge is 0.468 e. The van der Waals surface area contributed by atoms with Gasteiger partial charge in [0.2, 0.25) is 0 Å². The minimum Gasteiger partial charge on any atom is -0.468 e. The Morgan fingerprint density at radius 3 is 2.42 bits per heavy atom. The van der Waals surface area contributed by atoms with Crippen LogP contribution in [0.4, 0.5) is 13.2 Å². The lowest BCUT2D eigenvalue weighted by Gasteiger charge is -2.06. The number of carbonyl (C=O) groups is 1. The van der Waals surface area contributed by atoms with Crippen LogP contribution in [0.15, 0.2) is 48.5 Å². The minimum absolute atomic E-state index is 0.0718. The second-order valence-corrected chi connectivity index (χ2v) is 5.17. The lowest BCUT2D eigenvalue weighted by molar-refractivity contribution is -0.141. The van der Waals surface area contributed by atoms with Gasteiger partial charge in [-0.3, -0.25) is 9.48 Å². The third kappa shape index (κ3) is 2.97. The minimum atomic E-state index is -4.38. The van der Waals surface area contributed by atoms with E-state index in [1.54, 1.807) is 18.2 Å². The quantitative estimate of drug-likeness (QED) is 0.683. The predicted molar refractivity (Wildman–Crippen MR) is 82.2 cm³/mol. The molecule has 0 atom stereocenters. The summed E-state index contributed by atoms with van der Waals surface area (Å²) < 4.78 is 44.2. The Hall–Kier alpha value is -2.83. The Labute approximate surface area is 135 Å². The molecule has 1 heterocycles. The van der Waals surface area contributed by atoms with E-state index in [2.05, 4.69) is 9.84 Å². The Morgan fingerprint density at radius 1 is 1.12 bits per heavy atom. The summed E-state index contributed by atoms with van der Waals surface area (Å²) in [6.07, 6.45) is -4.38. The summed E-state index contributed by atoms with van der Waals surface area (Å²) in [7, 11) is 1.28. The van der Waals surface area contributed by atoms with Gasteiger partial charge in [0.25, 0.3) is 0 Å². The summed E-state index contributed by atoms with van der Waals surface area (Å²) in [5.74, 6) is -0.456. The van der Waals surface area contributed by atoms with E-state index in [0.29, 0.717) is 16.8 Å². The molecule has 0 aliphatic rings. The van der Waals surface area contributed by atoms with E-state index in [4.69, 9.17) is 0 Å². The van der Waals surface area contributed by atoms with Gasteiger partial charge >= 0.3 is 12.1 Å². The summed E-state index contributed by atoms with van der Waals surface area (Å²) in [5, 5.41) is 5.13. The zero-order valence-corrected chi connectivity index (χ0v) is 12.7. The smallest absolute Gasteiger partial charge is 0.416 e. The molecule has 0 saturated carbocycles. The van der Waals surface area contributed by atoms with Crippen LogP contribution in [0, 0.1) is 0 Å². The molecule has 3 aromatic rings. The number of nitrogens with zero attached hydrogens (tertiary/aromatic N) is 2. The molecule has 0 aliphatic carbocycles. The number of benzene rings is 2. The molecule has 24 heavy (non-hydrogen) atoms. The molecule has 7 heteroatoms. The number of hydrogen-bond acceptors (Lipinski definition) is 3. The van der Waals surface area contributed by atoms with Gasteiger partial charge in [0.05, 0.1) is 18.2 Å². The number of methoxy groups -OCH3 is 1. The molecule has 0 fully saturated rings. The number of carbonyl (C=O) groups excluding carboxylic acids is 1. The molecular weight excluding hydrogens is 321 g/mol. The molecule has 2 aromatic carbocycles. The normalized spacial score (nSPS) is 11.7. The van der Waals surface area contributed by atoms with Crippen LogP contribution in [-0.4, -0.2) is 22.9 Å². The summed E-state index contributed by atoms with van der Waals surface area (Å²) in [6, 6.07) is 12.0. The fourth-order valence-corrected chi connectivity index (χ4v) is 2.47. The second kappa shape index (κ2) is 5.99. The van der Waals surface area contributed by atoms with Gasteiger partial charge in [0, 0.05) is 10.9 Å². The van der Waals surface area contributed by atoms with Gasteiger partial charge in [-0.25, -0.2) is 0 Å². The van der Waals surface area contributed by atoms with Gasteiger partial charge in [-0.05, 0) is 18.2 Å². The lowest BCUT2D eigenvalue weighted by Crippen LogP contribution is -2.12. The first-order chi connectivity index (χ1) is 11.4. The van der Waals surface area contributed by atoms with Crippen molar-refractivity contribution in [1.82, 2.24) is 9.78 Å². The second-order valence-electron chi connectivity index (χ2n) is 5.17. The average molecular weight is 334 g/mol. The molecule has 3 rings (SSSR count). The molecule has 1 aromatic heterocycles. The molecule has 0 saturated heterocycles. The third-order valence-electron chi connectivity index (χ3n) is 3.65. The molecule has 0 bridgehead atoms. The molecule has 0 N–H and O–H groups in total. The summed E-state index contributed by atoms with van der Waals surface area (Å²) >= 11 is 0. The van der Waals surface area contributed by atoms with Gasteiger partial charge in [-0.15, -0.1) is 0 Å². The molecular formula is C17H13F3N2O2. The molecule has 4 nitrogen and oxygen atoms in total. The number of fused-ring (bicyclic) bond motifs is 1. The van der Waals surface area contributed by atoms with Gasteiger partial charge in [0.15, 0.2) is 0 Å². The van der Waals surface area contributed by atoms with E-state index in [0.717, 1.165) is 17.5 Å². The van der Waals surface area contributed by atoms with Crippen molar-refractivity contribution in [2.75, 3.05) is 7.11 Å². The van der Waals surface area contributed by atoms with Crippen LogP contribution in [0.3, 0.4) is 0 Å². The van der Waals surface area contributed by atoms with Crippen molar-refractivity contribution >= 4 is 16.9 Å². The van der Waals surface area contributed by atoms with Crippen molar-refractivity contribution in [2.45, 2.75) is 12.7 Å². The van der Waals surface area contributed by atoms with Crippen molar-refractivity contribution in [2.24, 2.45) is 0 Å². The monoisotopic (exact) mass is 334 g/mol. The van der Waals surface area contributed by atoms with Gasteiger partial charge in [-0.2, -0.15) is 18.3 Å². The molecule has 0 amide bonds. The van der Waals surface area contributed by atoms with E-state index in [1.807, 2.05) is 6.07 Å². The highest BCUT2D eigenvalue weighted by Gasteiger charge is 2.30. The maximum atomic E-state index is 12.7. The highest BCUT2D eigenvalue weighted by molar-refractivity contribution is 5.93. The number of aromatic nitrogens is 2. The topological polar surface area (TPSA) is 44.1 Å². The number of halogens is 3. The molecule has 0 spiro atoms. The molecule has 0 aliphatic heterocycles. The Kier molecular flexibility index (Phi) is 4.01. The van der Waals surface area contributed by atoms with Gasteiger partial charge in [0.1, 0.15) is 12.2 Å². The number of ether oxygens (including phenoxy) is 1. The van der Waals surface area contributed by atoms with Gasteiger partial charge in [-0.1, -0.05) is 30.3 Å². The SMILES string of the molecule is COC(=O)Cn1nc(-c2ccc(C(F)(F)F)cc2)c2ccccc21. The van der Waals surface area contributed by atoms with Crippen LogP contribution in [0.1, 0.15) is 5.56 Å². The highest BCUT2D eigenvalue weighted by atomic mass is 19.4. The van der Waals surface area contributed by atoms with Crippen molar-refractivity contribution in [1.29, 1.82) is 0 Å². The van der Waals surface area contributed by atoms with Crippen molar-refractivity contribution in [3.8, 4) is 11.3 Å². The molecule has 0 radical (unpaired) electrons. The predicted octanol–water partition coefficient (Wildman–Crippen LogP) is 3.90. The fraction of sp³-hybridized carbons (Fsp3) is 0.176. The fourth-order valence-electron chi connectivity index (χ4n) is 2.47. The number of alkyl halides is 3. The average Bonchev–Trinajstić information content (AvgIpc) is 2.93. The maximum Gasteiger partial charge on any atom is 0.416 e. The van der Waals surface area contributed by atoms with Crippen LogP contribution in [0.25, 0.3) is 22.2 Å². The Morgan fingerprint density at radius 2 is 1.79 bits per heavy atom. The first-order valence-corrected chi connectivity index (χ1v) is 7.10. The highest BCUT2D eigenvalue weighted by Crippen LogP contribution is 2.32. The number of esters is 1. The third-order valence-corrected chi connectivity index (χ3v) is 3.65. The van der Waals surface area contributed by atoms with Crippen LogP contribution >= 0.6 is 0 Å². The van der Waals surface area contributed by atoms with Crippen molar-refractivity contribution in [3.05, 3.63) is 54.1 Å². The van der Waals surface area contributed by atoms with E-state index in [-0.39, 0.29) is 6.54 Å². The number of rotatable bonds is 3. The van der Waals surface area contributed by atoms with Crippen LogP contribution in [0.2, 0.25) is 0 Å². The van der Waals surface area contributed by atoms with Crippen molar-refractivity contribution in [3.63, 3.8) is 0 Å². The summed E-state index contributed by atoms with van der Waals surface area (Å²) in [5.41, 5.74) is 1.05. The van der Waals surface area contributed by atoms with Crippen LogP contribution < -0.4 is 0 Å².